The fraction of sp³-hybridized carbons (Fsp3) is 0.600. The van der Waals surface area contributed by atoms with Crippen LogP contribution >= 0.6 is 0 Å². The van der Waals surface area contributed by atoms with Crippen LogP contribution in [0.4, 0.5) is 5.69 Å². The van der Waals surface area contributed by atoms with Gasteiger partial charge in [0.1, 0.15) is 0 Å². The van der Waals surface area contributed by atoms with E-state index in [9.17, 15) is 4.79 Å². The molecule has 0 aromatic heterocycles. The molecular weight excluding hydrogens is 328 g/mol. The van der Waals surface area contributed by atoms with Gasteiger partial charge in [-0.2, -0.15) is 0 Å². The predicted molar refractivity (Wildman–Crippen MR) is 106 cm³/mol. The molecule has 1 fully saturated rings. The van der Waals surface area contributed by atoms with Gasteiger partial charge in [-0.15, -0.1) is 0 Å². The third-order valence-electron chi connectivity index (χ3n) is 4.67. The number of aliphatic imine (C=N–C) groups is 1. The number of nitrogens with zero attached hydrogens (tertiary/aromatic N) is 1. The van der Waals surface area contributed by atoms with Crippen LogP contribution in [-0.2, 0) is 16.1 Å². The highest BCUT2D eigenvalue weighted by atomic mass is 16.5. The summed E-state index contributed by atoms with van der Waals surface area (Å²) in [4.78, 5) is 16.6. The zero-order chi connectivity index (χ0) is 18.6. The molecule has 1 aliphatic carbocycles. The van der Waals surface area contributed by atoms with E-state index < -0.39 is 0 Å². The predicted octanol–water partition coefficient (Wildman–Crippen LogP) is 2.91. The maximum atomic E-state index is 12.4. The van der Waals surface area contributed by atoms with Gasteiger partial charge in [0.25, 0.3) is 0 Å². The lowest BCUT2D eigenvalue weighted by atomic mass is 9.88. The van der Waals surface area contributed by atoms with Crippen molar-refractivity contribution in [2.75, 3.05) is 32.6 Å². The van der Waals surface area contributed by atoms with Crippen LogP contribution < -0.4 is 16.0 Å². The van der Waals surface area contributed by atoms with E-state index in [2.05, 4.69) is 20.9 Å². The van der Waals surface area contributed by atoms with E-state index in [1.807, 2.05) is 24.3 Å². The van der Waals surface area contributed by atoms with Gasteiger partial charge >= 0.3 is 0 Å². The first-order chi connectivity index (χ1) is 12.7. The molecule has 0 radical (unpaired) electrons. The van der Waals surface area contributed by atoms with Crippen LogP contribution in [0.15, 0.2) is 29.3 Å². The molecule has 0 spiro atoms. The summed E-state index contributed by atoms with van der Waals surface area (Å²) in [5, 5.41) is 9.62. The van der Waals surface area contributed by atoms with Crippen molar-refractivity contribution in [3.05, 3.63) is 29.8 Å². The summed E-state index contributed by atoms with van der Waals surface area (Å²) >= 11 is 0. The number of amides is 1. The molecule has 1 aromatic carbocycles. The molecule has 0 aliphatic heterocycles. The van der Waals surface area contributed by atoms with Crippen LogP contribution in [0.5, 0.6) is 0 Å². The molecule has 26 heavy (non-hydrogen) atoms. The van der Waals surface area contributed by atoms with E-state index in [0.29, 0.717) is 6.54 Å². The summed E-state index contributed by atoms with van der Waals surface area (Å²) in [6, 6.07) is 7.98. The smallest absolute Gasteiger partial charge is 0.227 e. The number of guanidine groups is 1. The second-order valence-electron chi connectivity index (χ2n) is 6.72. The van der Waals surface area contributed by atoms with Crippen LogP contribution in [0.2, 0.25) is 0 Å². The Morgan fingerprint density at radius 1 is 1.23 bits per heavy atom. The second-order valence-corrected chi connectivity index (χ2v) is 6.72. The SMILES string of the molecule is CN=C(NCCCOC)NCc1cccc(NC(=O)C2CCCCC2)c1. The average molecular weight is 361 g/mol. The Morgan fingerprint density at radius 3 is 2.77 bits per heavy atom. The number of hydrogen-bond acceptors (Lipinski definition) is 3. The number of hydrogen-bond donors (Lipinski definition) is 3. The Kier molecular flexibility index (Phi) is 8.96. The number of benzene rings is 1. The van der Waals surface area contributed by atoms with Gasteiger partial charge in [0.05, 0.1) is 0 Å². The number of carbonyl (C=O) groups excluding carboxylic acids is 1. The van der Waals surface area contributed by atoms with Gasteiger partial charge in [-0.3, -0.25) is 9.79 Å². The summed E-state index contributed by atoms with van der Waals surface area (Å²) in [7, 11) is 3.46. The summed E-state index contributed by atoms with van der Waals surface area (Å²) in [5.41, 5.74) is 1.97. The Bertz CT molecular complexity index is 583. The summed E-state index contributed by atoms with van der Waals surface area (Å²) in [6.45, 7) is 2.19. The molecule has 144 valence electrons. The van der Waals surface area contributed by atoms with Gasteiger partial charge in [-0.25, -0.2) is 0 Å². The first-order valence-corrected chi connectivity index (χ1v) is 9.56. The van der Waals surface area contributed by atoms with Crippen molar-refractivity contribution < 1.29 is 9.53 Å². The molecule has 6 heteroatoms. The van der Waals surface area contributed by atoms with Crippen LogP contribution in [0.1, 0.15) is 44.1 Å². The van der Waals surface area contributed by atoms with E-state index in [1.54, 1.807) is 14.2 Å². The van der Waals surface area contributed by atoms with Crippen LogP contribution in [0.3, 0.4) is 0 Å². The summed E-state index contributed by atoms with van der Waals surface area (Å²) in [5.74, 6) is 1.09. The molecule has 0 bridgehead atoms. The van der Waals surface area contributed by atoms with E-state index in [1.165, 1.54) is 19.3 Å². The Balaban J connectivity index is 1.81. The van der Waals surface area contributed by atoms with E-state index in [4.69, 9.17) is 4.74 Å². The van der Waals surface area contributed by atoms with Crippen molar-refractivity contribution in [2.24, 2.45) is 10.9 Å². The first-order valence-electron chi connectivity index (χ1n) is 9.56. The van der Waals surface area contributed by atoms with E-state index in [0.717, 1.165) is 49.6 Å². The standard InChI is InChI=1S/C20H32N4O2/c1-21-20(22-12-7-13-26-2)23-15-16-8-6-11-18(14-16)24-19(25)17-9-4-3-5-10-17/h6,8,11,14,17H,3-5,7,9-10,12-13,15H2,1-2H3,(H,24,25)(H2,21,22,23). The molecule has 1 saturated carbocycles. The quantitative estimate of drug-likeness (QED) is 0.379. The van der Waals surface area contributed by atoms with E-state index in [-0.39, 0.29) is 11.8 Å². The van der Waals surface area contributed by atoms with Crippen molar-refractivity contribution >= 4 is 17.6 Å². The molecule has 2 rings (SSSR count). The van der Waals surface area contributed by atoms with Crippen molar-refractivity contribution in [3.63, 3.8) is 0 Å². The van der Waals surface area contributed by atoms with E-state index >= 15 is 0 Å². The summed E-state index contributed by atoms with van der Waals surface area (Å²) < 4.78 is 5.04. The van der Waals surface area contributed by atoms with Crippen LogP contribution in [0.25, 0.3) is 0 Å². The Hall–Kier alpha value is -2.08. The fourth-order valence-electron chi connectivity index (χ4n) is 3.20. The molecule has 1 amide bonds. The van der Waals surface area contributed by atoms with Crippen molar-refractivity contribution in [2.45, 2.75) is 45.1 Å². The number of carbonyl (C=O) groups is 1. The zero-order valence-corrected chi connectivity index (χ0v) is 16.0. The van der Waals surface area contributed by atoms with Crippen molar-refractivity contribution in [1.82, 2.24) is 10.6 Å². The molecular formula is C20H32N4O2. The van der Waals surface area contributed by atoms with Crippen LogP contribution in [0, 0.1) is 5.92 Å². The lowest BCUT2D eigenvalue weighted by Gasteiger charge is -2.21. The number of ether oxygens (including phenoxy) is 1. The maximum absolute atomic E-state index is 12.4. The van der Waals surface area contributed by atoms with Crippen molar-refractivity contribution in [3.8, 4) is 0 Å². The summed E-state index contributed by atoms with van der Waals surface area (Å²) in [6.07, 6.45) is 6.54. The first kappa shape index (κ1) is 20.2. The molecule has 0 saturated heterocycles. The van der Waals surface area contributed by atoms with Gasteiger partial charge in [0, 0.05) is 45.5 Å². The Labute approximate surface area is 156 Å². The third kappa shape index (κ3) is 7.04. The number of anilines is 1. The topological polar surface area (TPSA) is 74.8 Å². The number of rotatable bonds is 8. The number of nitrogens with one attached hydrogen (secondary N) is 3. The average Bonchev–Trinajstić information content (AvgIpc) is 2.68. The fourth-order valence-corrected chi connectivity index (χ4v) is 3.20. The zero-order valence-electron chi connectivity index (χ0n) is 16.0. The molecule has 3 N–H and O–H groups in total. The highest BCUT2D eigenvalue weighted by Gasteiger charge is 2.20. The van der Waals surface area contributed by atoms with Gasteiger partial charge in [-0.05, 0) is 37.0 Å². The minimum absolute atomic E-state index is 0.158. The van der Waals surface area contributed by atoms with Gasteiger partial charge in [0.2, 0.25) is 5.91 Å². The maximum Gasteiger partial charge on any atom is 0.227 e. The molecule has 1 aliphatic rings. The normalized spacial score (nSPS) is 15.5. The third-order valence-corrected chi connectivity index (χ3v) is 4.67. The van der Waals surface area contributed by atoms with Gasteiger partial charge in [0.15, 0.2) is 5.96 Å². The lowest BCUT2D eigenvalue weighted by Crippen LogP contribution is -2.37. The molecule has 0 atom stereocenters. The highest BCUT2D eigenvalue weighted by molar-refractivity contribution is 5.92. The minimum Gasteiger partial charge on any atom is -0.385 e. The highest BCUT2D eigenvalue weighted by Crippen LogP contribution is 2.25. The lowest BCUT2D eigenvalue weighted by molar-refractivity contribution is -0.120. The van der Waals surface area contributed by atoms with Crippen LogP contribution in [-0.4, -0.2) is 39.2 Å². The monoisotopic (exact) mass is 360 g/mol. The van der Waals surface area contributed by atoms with Crippen molar-refractivity contribution in [1.29, 1.82) is 0 Å². The Morgan fingerprint density at radius 2 is 2.04 bits per heavy atom. The van der Waals surface area contributed by atoms with Gasteiger partial charge < -0.3 is 20.7 Å². The molecule has 1 aromatic rings. The second kappa shape index (κ2) is 11.5. The minimum atomic E-state index is 0.158. The number of methoxy groups -OCH3 is 1. The molecule has 0 unspecified atom stereocenters. The van der Waals surface area contributed by atoms with Gasteiger partial charge in [-0.1, -0.05) is 31.4 Å². The molecule has 6 nitrogen and oxygen atoms in total. The largest absolute Gasteiger partial charge is 0.385 e. The molecule has 0 heterocycles.